The summed E-state index contributed by atoms with van der Waals surface area (Å²) in [5, 5.41) is 11.0. The second-order valence-corrected chi connectivity index (χ2v) is 6.81. The van der Waals surface area contributed by atoms with Gasteiger partial charge in [0, 0.05) is 23.9 Å². The van der Waals surface area contributed by atoms with Crippen LogP contribution in [0.15, 0.2) is 54.7 Å². The van der Waals surface area contributed by atoms with Gasteiger partial charge in [0.25, 0.3) is 5.91 Å². The molecule has 0 fully saturated rings. The summed E-state index contributed by atoms with van der Waals surface area (Å²) >= 11 is 0. The number of nitrogens with zero attached hydrogens (tertiary/aromatic N) is 4. The van der Waals surface area contributed by atoms with E-state index in [1.807, 2.05) is 48.5 Å². The average Bonchev–Trinajstić information content (AvgIpc) is 3.27. The summed E-state index contributed by atoms with van der Waals surface area (Å²) < 4.78 is 1.48. The van der Waals surface area contributed by atoms with Gasteiger partial charge in [-0.15, -0.1) is 5.10 Å². The smallest absolute Gasteiger partial charge is 0.254 e. The van der Waals surface area contributed by atoms with Crippen molar-refractivity contribution in [3.05, 3.63) is 65.9 Å². The summed E-state index contributed by atoms with van der Waals surface area (Å²) in [4.78, 5) is 26.8. The normalized spacial score (nSPS) is 15.6. The number of likely N-dealkylation sites (N-methyl/N-ethyl adjacent to an activating group) is 1. The predicted molar refractivity (Wildman–Crippen MR) is 106 cm³/mol. The molecule has 2 aromatic carbocycles. The van der Waals surface area contributed by atoms with Crippen molar-refractivity contribution in [3.8, 4) is 11.3 Å². The third-order valence-electron chi connectivity index (χ3n) is 4.97. The third-order valence-corrected chi connectivity index (χ3v) is 4.97. The molecule has 2 heterocycles. The fourth-order valence-corrected chi connectivity index (χ4v) is 3.42. The molecule has 0 unspecified atom stereocenters. The van der Waals surface area contributed by atoms with Crippen LogP contribution in [0, 0.1) is 0 Å². The van der Waals surface area contributed by atoms with Crippen LogP contribution in [0.25, 0.3) is 11.3 Å². The van der Waals surface area contributed by atoms with Crippen LogP contribution in [0.4, 0.5) is 5.69 Å². The van der Waals surface area contributed by atoms with Crippen molar-refractivity contribution < 1.29 is 9.59 Å². The van der Waals surface area contributed by atoms with Gasteiger partial charge >= 0.3 is 0 Å². The SMILES string of the molecule is CCc1ccc2c(c1)[C@@H](NC(=O)Cn1cc(-c3ccccc3)nn1)C(=O)N2C. The first-order valence-corrected chi connectivity index (χ1v) is 9.22. The van der Waals surface area contributed by atoms with E-state index < -0.39 is 6.04 Å². The van der Waals surface area contributed by atoms with Crippen molar-refractivity contribution in [1.29, 1.82) is 0 Å². The minimum absolute atomic E-state index is 0.00384. The highest BCUT2D eigenvalue weighted by atomic mass is 16.2. The highest BCUT2D eigenvalue weighted by molar-refractivity contribution is 6.05. The molecule has 1 atom stereocenters. The molecule has 0 aliphatic carbocycles. The molecule has 28 heavy (non-hydrogen) atoms. The Morgan fingerprint density at radius 3 is 2.71 bits per heavy atom. The average molecular weight is 375 g/mol. The molecule has 0 spiro atoms. The second-order valence-electron chi connectivity index (χ2n) is 6.81. The van der Waals surface area contributed by atoms with Gasteiger partial charge in [0.15, 0.2) is 0 Å². The van der Waals surface area contributed by atoms with E-state index in [2.05, 4.69) is 22.6 Å². The summed E-state index contributed by atoms with van der Waals surface area (Å²) in [6.07, 6.45) is 2.59. The van der Waals surface area contributed by atoms with Gasteiger partial charge in [-0.05, 0) is 18.1 Å². The number of carbonyl (C=O) groups is 2. The summed E-state index contributed by atoms with van der Waals surface area (Å²) in [6, 6.07) is 14.9. The number of aromatic nitrogens is 3. The minimum atomic E-state index is -0.670. The highest BCUT2D eigenvalue weighted by Crippen LogP contribution is 2.35. The number of amides is 2. The molecular weight excluding hydrogens is 354 g/mol. The molecule has 0 saturated carbocycles. The molecular formula is C21H21N5O2. The van der Waals surface area contributed by atoms with E-state index >= 15 is 0 Å². The Kier molecular flexibility index (Phi) is 4.65. The van der Waals surface area contributed by atoms with E-state index in [-0.39, 0.29) is 18.4 Å². The van der Waals surface area contributed by atoms with E-state index in [0.717, 1.165) is 28.8 Å². The maximum atomic E-state index is 12.6. The van der Waals surface area contributed by atoms with Crippen LogP contribution in [-0.2, 0) is 22.6 Å². The Bertz CT molecular complexity index is 1030. The topological polar surface area (TPSA) is 80.1 Å². The fraction of sp³-hybridized carbons (Fsp3) is 0.238. The Morgan fingerprint density at radius 1 is 1.18 bits per heavy atom. The number of hydrogen-bond acceptors (Lipinski definition) is 4. The van der Waals surface area contributed by atoms with Crippen molar-refractivity contribution in [1.82, 2.24) is 20.3 Å². The molecule has 1 aliphatic rings. The Morgan fingerprint density at radius 2 is 1.96 bits per heavy atom. The molecule has 7 nitrogen and oxygen atoms in total. The van der Waals surface area contributed by atoms with Crippen LogP contribution in [0.2, 0.25) is 0 Å². The van der Waals surface area contributed by atoms with Crippen LogP contribution < -0.4 is 10.2 Å². The first-order valence-electron chi connectivity index (χ1n) is 9.22. The molecule has 7 heteroatoms. The van der Waals surface area contributed by atoms with Crippen LogP contribution in [-0.4, -0.2) is 33.9 Å². The van der Waals surface area contributed by atoms with Crippen molar-refractivity contribution in [2.24, 2.45) is 0 Å². The number of fused-ring (bicyclic) bond motifs is 1. The molecule has 142 valence electrons. The molecule has 1 aromatic heterocycles. The summed E-state index contributed by atoms with van der Waals surface area (Å²) in [7, 11) is 1.72. The van der Waals surface area contributed by atoms with E-state index in [9.17, 15) is 9.59 Å². The Labute approximate surface area is 163 Å². The number of aryl methyl sites for hydroxylation is 1. The summed E-state index contributed by atoms with van der Waals surface area (Å²) in [5.41, 5.74) is 4.43. The molecule has 0 saturated heterocycles. The standard InChI is InChI=1S/C21H21N5O2/c1-3-14-9-10-18-16(11-14)20(21(28)25(18)2)22-19(27)13-26-12-17(23-24-26)15-7-5-4-6-8-15/h4-12,20H,3,13H2,1-2H3,(H,22,27)/t20-/m1/s1. The van der Waals surface area contributed by atoms with Gasteiger partial charge in [-0.2, -0.15) is 0 Å². The third kappa shape index (κ3) is 3.26. The number of carbonyl (C=O) groups excluding carboxylic acids is 2. The molecule has 1 N–H and O–H groups in total. The first-order chi connectivity index (χ1) is 13.6. The lowest BCUT2D eigenvalue weighted by molar-refractivity contribution is -0.127. The lowest BCUT2D eigenvalue weighted by atomic mass is 10.0. The summed E-state index contributed by atoms with van der Waals surface area (Å²) in [6.45, 7) is 2.06. The van der Waals surface area contributed by atoms with Gasteiger partial charge in [-0.3, -0.25) is 9.59 Å². The predicted octanol–water partition coefficient (Wildman–Crippen LogP) is 2.34. The Balaban J connectivity index is 1.49. The number of nitrogens with one attached hydrogen (secondary N) is 1. The number of benzene rings is 2. The minimum Gasteiger partial charge on any atom is -0.339 e. The van der Waals surface area contributed by atoms with Gasteiger partial charge in [0.1, 0.15) is 18.3 Å². The quantitative estimate of drug-likeness (QED) is 0.742. The summed E-state index contributed by atoms with van der Waals surface area (Å²) in [5.74, 6) is -0.425. The number of rotatable bonds is 5. The molecule has 1 aliphatic heterocycles. The molecule has 3 aromatic rings. The lowest BCUT2D eigenvalue weighted by Crippen LogP contribution is -2.37. The van der Waals surface area contributed by atoms with E-state index in [0.29, 0.717) is 5.69 Å². The number of anilines is 1. The molecule has 4 rings (SSSR count). The van der Waals surface area contributed by atoms with Crippen molar-refractivity contribution in [2.75, 3.05) is 11.9 Å². The molecule has 2 amide bonds. The lowest BCUT2D eigenvalue weighted by Gasteiger charge is -2.13. The van der Waals surface area contributed by atoms with Gasteiger partial charge in [0.05, 0.1) is 6.20 Å². The van der Waals surface area contributed by atoms with Gasteiger partial charge in [-0.25, -0.2) is 4.68 Å². The Hall–Kier alpha value is -3.48. The van der Waals surface area contributed by atoms with Crippen molar-refractivity contribution >= 4 is 17.5 Å². The van der Waals surface area contributed by atoms with E-state index in [1.54, 1.807) is 18.1 Å². The van der Waals surface area contributed by atoms with Crippen LogP contribution in [0.1, 0.15) is 24.1 Å². The fourth-order valence-electron chi connectivity index (χ4n) is 3.42. The van der Waals surface area contributed by atoms with Crippen molar-refractivity contribution in [3.63, 3.8) is 0 Å². The first kappa shape index (κ1) is 17.9. The van der Waals surface area contributed by atoms with Crippen LogP contribution in [0.5, 0.6) is 0 Å². The zero-order valence-corrected chi connectivity index (χ0v) is 15.8. The molecule has 0 bridgehead atoms. The van der Waals surface area contributed by atoms with Gasteiger partial charge < -0.3 is 10.2 Å². The van der Waals surface area contributed by atoms with Gasteiger partial charge in [-0.1, -0.05) is 54.6 Å². The maximum Gasteiger partial charge on any atom is 0.254 e. The van der Waals surface area contributed by atoms with Crippen LogP contribution in [0.3, 0.4) is 0 Å². The highest BCUT2D eigenvalue weighted by Gasteiger charge is 2.36. The zero-order chi connectivity index (χ0) is 19.7. The largest absolute Gasteiger partial charge is 0.339 e. The molecule has 0 radical (unpaired) electrons. The second kappa shape index (κ2) is 7.26. The van der Waals surface area contributed by atoms with Gasteiger partial charge in [0.2, 0.25) is 5.91 Å². The van der Waals surface area contributed by atoms with E-state index in [4.69, 9.17) is 0 Å². The number of hydrogen-bond donors (Lipinski definition) is 1. The van der Waals surface area contributed by atoms with E-state index in [1.165, 1.54) is 4.68 Å². The maximum absolute atomic E-state index is 12.6. The van der Waals surface area contributed by atoms with Crippen LogP contribution >= 0.6 is 0 Å². The monoisotopic (exact) mass is 375 g/mol. The van der Waals surface area contributed by atoms with Crippen molar-refractivity contribution in [2.45, 2.75) is 25.9 Å². The zero-order valence-electron chi connectivity index (χ0n) is 15.8.